The molecule has 0 saturated heterocycles. The first kappa shape index (κ1) is 15.3. The second-order valence-corrected chi connectivity index (χ2v) is 5.85. The maximum Gasteiger partial charge on any atom is 0.226 e. The van der Waals surface area contributed by atoms with Crippen molar-refractivity contribution in [2.24, 2.45) is 0 Å². The molecule has 0 spiro atoms. The highest BCUT2D eigenvalue weighted by Gasteiger charge is 2.16. The summed E-state index contributed by atoms with van der Waals surface area (Å²) >= 11 is 0. The second-order valence-electron chi connectivity index (χ2n) is 5.85. The van der Waals surface area contributed by atoms with E-state index in [1.807, 2.05) is 38.2 Å². The highest BCUT2D eigenvalue weighted by atomic mass is 15.2. The molecule has 1 atom stereocenters. The van der Waals surface area contributed by atoms with Crippen LogP contribution in [0.3, 0.4) is 0 Å². The van der Waals surface area contributed by atoms with Gasteiger partial charge in [-0.25, -0.2) is 9.97 Å². The second kappa shape index (κ2) is 6.12. The number of nitrogens with two attached hydrogens (primary N) is 1. The summed E-state index contributed by atoms with van der Waals surface area (Å²) in [6.07, 6.45) is 0. The van der Waals surface area contributed by atoms with Crippen molar-refractivity contribution >= 4 is 11.6 Å². The zero-order chi connectivity index (χ0) is 15.6. The molecule has 0 bridgehead atoms. The van der Waals surface area contributed by atoms with Crippen molar-refractivity contribution in [2.75, 3.05) is 17.7 Å². The van der Waals surface area contributed by atoms with E-state index in [-0.39, 0.29) is 6.04 Å². The molecule has 1 aromatic heterocycles. The van der Waals surface area contributed by atoms with Crippen LogP contribution in [0.1, 0.15) is 49.7 Å². The summed E-state index contributed by atoms with van der Waals surface area (Å²) in [4.78, 5) is 11.3. The van der Waals surface area contributed by atoms with E-state index >= 15 is 0 Å². The fourth-order valence-electron chi connectivity index (χ4n) is 2.25. The summed E-state index contributed by atoms with van der Waals surface area (Å²) in [5.74, 6) is 1.15. The van der Waals surface area contributed by atoms with Gasteiger partial charge < -0.3 is 10.6 Å². The third-order valence-corrected chi connectivity index (χ3v) is 3.74. The van der Waals surface area contributed by atoms with E-state index in [1.54, 1.807) is 0 Å². The quantitative estimate of drug-likeness (QED) is 0.870. The van der Waals surface area contributed by atoms with Crippen LogP contribution in [0.2, 0.25) is 0 Å². The lowest BCUT2D eigenvalue weighted by atomic mass is 10.1. The number of anilines is 2. The number of nitrogens with zero attached hydrogens (tertiary/aromatic N) is 3. The molecule has 0 aliphatic heterocycles. The minimum atomic E-state index is 0.162. The van der Waals surface area contributed by atoms with Crippen molar-refractivity contribution in [1.82, 2.24) is 9.97 Å². The number of benzene rings is 1. The van der Waals surface area contributed by atoms with Crippen LogP contribution in [-0.2, 0) is 0 Å². The summed E-state index contributed by atoms with van der Waals surface area (Å²) in [6.45, 7) is 8.44. The molecule has 2 aromatic rings. The molecule has 1 aromatic carbocycles. The maximum atomic E-state index is 5.87. The Bertz CT molecular complexity index is 622. The molecule has 4 heteroatoms. The van der Waals surface area contributed by atoms with Crippen molar-refractivity contribution in [3.63, 3.8) is 0 Å². The minimum Gasteiger partial charge on any atom is -0.399 e. The highest BCUT2D eigenvalue weighted by molar-refractivity contribution is 5.44. The van der Waals surface area contributed by atoms with Gasteiger partial charge in [-0.15, -0.1) is 0 Å². The van der Waals surface area contributed by atoms with Crippen molar-refractivity contribution in [1.29, 1.82) is 0 Å². The fraction of sp³-hybridized carbons (Fsp3) is 0.412. The molecule has 112 valence electrons. The van der Waals surface area contributed by atoms with E-state index < -0.39 is 0 Å². The van der Waals surface area contributed by atoms with Gasteiger partial charge in [0.15, 0.2) is 0 Å². The van der Waals surface area contributed by atoms with Gasteiger partial charge in [-0.05, 0) is 43.5 Å². The Morgan fingerprint density at radius 2 is 1.81 bits per heavy atom. The number of aromatic nitrogens is 2. The van der Waals surface area contributed by atoms with Gasteiger partial charge in [0.25, 0.3) is 0 Å². The van der Waals surface area contributed by atoms with Gasteiger partial charge >= 0.3 is 0 Å². The molecule has 1 unspecified atom stereocenters. The standard InChI is InChI=1S/C17H24N4/c1-11(2)16-9-12(3)19-17(20-16)21(5)13(4)14-7-6-8-15(18)10-14/h6-11,13H,18H2,1-5H3. The van der Waals surface area contributed by atoms with Crippen molar-refractivity contribution in [3.8, 4) is 0 Å². The molecule has 0 amide bonds. The number of hydrogen-bond donors (Lipinski definition) is 1. The summed E-state index contributed by atoms with van der Waals surface area (Å²) in [7, 11) is 2.02. The van der Waals surface area contributed by atoms with E-state index in [2.05, 4.69) is 41.7 Å². The first-order chi connectivity index (χ1) is 9.88. The minimum absolute atomic E-state index is 0.162. The Balaban J connectivity index is 2.33. The average molecular weight is 284 g/mol. The number of hydrogen-bond acceptors (Lipinski definition) is 4. The molecular formula is C17H24N4. The van der Waals surface area contributed by atoms with Gasteiger partial charge in [-0.1, -0.05) is 26.0 Å². The van der Waals surface area contributed by atoms with Crippen LogP contribution in [0, 0.1) is 6.92 Å². The van der Waals surface area contributed by atoms with Gasteiger partial charge in [0.05, 0.1) is 6.04 Å². The van der Waals surface area contributed by atoms with E-state index in [0.717, 1.165) is 28.6 Å². The zero-order valence-corrected chi connectivity index (χ0v) is 13.5. The van der Waals surface area contributed by atoms with Gasteiger partial charge in [0.2, 0.25) is 5.95 Å². The van der Waals surface area contributed by atoms with Crippen LogP contribution in [0.25, 0.3) is 0 Å². The van der Waals surface area contributed by atoms with Gasteiger partial charge in [0.1, 0.15) is 0 Å². The monoisotopic (exact) mass is 284 g/mol. The Hall–Kier alpha value is -2.10. The SMILES string of the molecule is Cc1cc(C(C)C)nc(N(C)C(C)c2cccc(N)c2)n1. The maximum absolute atomic E-state index is 5.87. The third-order valence-electron chi connectivity index (χ3n) is 3.74. The van der Waals surface area contributed by atoms with Crippen molar-refractivity contribution in [2.45, 2.75) is 39.7 Å². The van der Waals surface area contributed by atoms with Gasteiger partial charge in [-0.3, -0.25) is 0 Å². The van der Waals surface area contributed by atoms with Crippen molar-refractivity contribution < 1.29 is 0 Å². The lowest BCUT2D eigenvalue weighted by molar-refractivity contribution is 0.701. The predicted molar refractivity (Wildman–Crippen MR) is 88.5 cm³/mol. The largest absolute Gasteiger partial charge is 0.399 e. The summed E-state index contributed by atoms with van der Waals surface area (Å²) in [6, 6.07) is 10.2. The number of rotatable bonds is 4. The van der Waals surface area contributed by atoms with E-state index in [9.17, 15) is 0 Å². The summed E-state index contributed by atoms with van der Waals surface area (Å²) in [5.41, 5.74) is 9.88. The fourth-order valence-corrected chi connectivity index (χ4v) is 2.25. The molecule has 2 N–H and O–H groups in total. The van der Waals surface area contributed by atoms with Crippen molar-refractivity contribution in [3.05, 3.63) is 47.3 Å². The molecule has 0 aliphatic carbocycles. The first-order valence-corrected chi connectivity index (χ1v) is 7.32. The highest BCUT2D eigenvalue weighted by Crippen LogP contribution is 2.25. The third kappa shape index (κ3) is 3.51. The molecule has 0 radical (unpaired) electrons. The van der Waals surface area contributed by atoms with Gasteiger partial charge in [-0.2, -0.15) is 0 Å². The van der Waals surface area contributed by atoms with E-state index in [1.165, 1.54) is 0 Å². The number of nitrogen functional groups attached to an aromatic ring is 1. The zero-order valence-electron chi connectivity index (χ0n) is 13.5. The van der Waals surface area contributed by atoms with Crippen LogP contribution in [-0.4, -0.2) is 17.0 Å². The normalized spacial score (nSPS) is 12.5. The predicted octanol–water partition coefficient (Wildman–Crippen LogP) is 3.69. The van der Waals surface area contributed by atoms with Crippen LogP contribution >= 0.6 is 0 Å². The topological polar surface area (TPSA) is 55.0 Å². The van der Waals surface area contributed by atoms with E-state index in [0.29, 0.717) is 5.92 Å². The van der Waals surface area contributed by atoms with E-state index in [4.69, 9.17) is 5.73 Å². The molecule has 0 aliphatic rings. The molecule has 21 heavy (non-hydrogen) atoms. The van der Waals surface area contributed by atoms with Gasteiger partial charge in [0, 0.05) is 24.1 Å². The smallest absolute Gasteiger partial charge is 0.226 e. The average Bonchev–Trinajstić information content (AvgIpc) is 2.45. The summed E-state index contributed by atoms with van der Waals surface area (Å²) in [5, 5.41) is 0. The molecule has 1 heterocycles. The van der Waals surface area contributed by atoms with Crippen LogP contribution in [0.4, 0.5) is 11.6 Å². The lowest BCUT2D eigenvalue weighted by Gasteiger charge is -2.26. The lowest BCUT2D eigenvalue weighted by Crippen LogP contribution is -2.24. The molecule has 4 nitrogen and oxygen atoms in total. The molecule has 2 rings (SSSR count). The molecule has 0 fully saturated rings. The Morgan fingerprint density at radius 3 is 2.43 bits per heavy atom. The Labute approximate surface area is 127 Å². The Kier molecular flexibility index (Phi) is 4.46. The first-order valence-electron chi connectivity index (χ1n) is 7.32. The van der Waals surface area contributed by atoms with Crippen LogP contribution in [0.5, 0.6) is 0 Å². The van der Waals surface area contributed by atoms with Crippen LogP contribution in [0.15, 0.2) is 30.3 Å². The van der Waals surface area contributed by atoms with Crippen LogP contribution < -0.4 is 10.6 Å². The molecular weight excluding hydrogens is 260 g/mol. The number of aryl methyl sites for hydroxylation is 1. The molecule has 0 saturated carbocycles. The summed E-state index contributed by atoms with van der Waals surface area (Å²) < 4.78 is 0. The Morgan fingerprint density at radius 1 is 1.10 bits per heavy atom.